The van der Waals surface area contributed by atoms with E-state index in [1.807, 2.05) is 60.7 Å². The predicted octanol–water partition coefficient (Wildman–Crippen LogP) is 5.49. The first-order valence-corrected chi connectivity index (χ1v) is 10.0. The lowest BCUT2D eigenvalue weighted by Gasteiger charge is -2.32. The van der Waals surface area contributed by atoms with Crippen LogP contribution in [-0.4, -0.2) is 11.8 Å². The number of ketones is 1. The van der Waals surface area contributed by atoms with E-state index in [-0.39, 0.29) is 11.8 Å². The van der Waals surface area contributed by atoms with Crippen LogP contribution in [0.4, 0.5) is 21.9 Å². The van der Waals surface area contributed by atoms with Gasteiger partial charge in [0.15, 0.2) is 5.78 Å². The van der Waals surface area contributed by atoms with Gasteiger partial charge in [0.1, 0.15) is 11.8 Å². The third-order valence-electron chi connectivity index (χ3n) is 5.49. The van der Waals surface area contributed by atoms with E-state index in [0.29, 0.717) is 29.1 Å². The van der Waals surface area contributed by atoms with Crippen molar-refractivity contribution in [1.29, 1.82) is 0 Å². The molecule has 0 radical (unpaired) electrons. The molecule has 2 amide bonds. The number of carbonyl (C=O) groups is 2. The number of allylic oxidation sites excluding steroid dienone is 1. The molecule has 0 spiro atoms. The number of hydrogen-bond acceptors (Lipinski definition) is 4. The summed E-state index contributed by atoms with van der Waals surface area (Å²) in [6.07, 6.45) is 3.57. The molecule has 1 aliphatic carbocycles. The molecule has 30 heavy (non-hydrogen) atoms. The SMILES string of the molecule is O=C1CCCC2=C1[C@H](c1ccco1)N(C(=O)Nc1ccccc1)c1ccccc1N2. The molecule has 0 saturated heterocycles. The summed E-state index contributed by atoms with van der Waals surface area (Å²) in [6, 6.07) is 19.5. The number of hydrogen-bond donors (Lipinski definition) is 2. The summed E-state index contributed by atoms with van der Waals surface area (Å²) in [5.41, 5.74) is 3.61. The largest absolute Gasteiger partial charge is 0.467 e. The zero-order valence-corrected chi connectivity index (χ0v) is 16.3. The number of nitrogens with zero attached hydrogens (tertiary/aromatic N) is 1. The van der Waals surface area contributed by atoms with Crippen LogP contribution in [0.2, 0.25) is 0 Å². The van der Waals surface area contributed by atoms with Crippen LogP contribution < -0.4 is 15.5 Å². The number of amides is 2. The number of carbonyl (C=O) groups excluding carboxylic acids is 2. The minimum atomic E-state index is -0.650. The van der Waals surface area contributed by atoms with Gasteiger partial charge in [-0.05, 0) is 49.2 Å². The van der Waals surface area contributed by atoms with Crippen LogP contribution in [-0.2, 0) is 4.79 Å². The average molecular weight is 399 g/mol. The lowest BCUT2D eigenvalue weighted by atomic mass is 9.88. The summed E-state index contributed by atoms with van der Waals surface area (Å²) in [5, 5.41) is 6.39. The highest BCUT2D eigenvalue weighted by Crippen LogP contribution is 2.45. The van der Waals surface area contributed by atoms with Gasteiger partial charge >= 0.3 is 6.03 Å². The fourth-order valence-corrected chi connectivity index (χ4v) is 4.18. The summed E-state index contributed by atoms with van der Waals surface area (Å²) in [6.45, 7) is 0. The number of fused-ring (bicyclic) bond motifs is 1. The molecule has 2 aliphatic rings. The van der Waals surface area contributed by atoms with E-state index in [0.717, 1.165) is 24.2 Å². The van der Waals surface area contributed by atoms with Gasteiger partial charge < -0.3 is 15.1 Å². The summed E-state index contributed by atoms with van der Waals surface area (Å²) in [4.78, 5) is 28.3. The van der Waals surface area contributed by atoms with Crippen molar-refractivity contribution < 1.29 is 14.0 Å². The molecule has 6 nitrogen and oxygen atoms in total. The zero-order valence-electron chi connectivity index (χ0n) is 16.3. The maximum Gasteiger partial charge on any atom is 0.327 e. The summed E-state index contributed by atoms with van der Waals surface area (Å²) >= 11 is 0. The van der Waals surface area contributed by atoms with E-state index >= 15 is 0 Å². The molecule has 150 valence electrons. The van der Waals surface area contributed by atoms with Crippen LogP contribution in [0.1, 0.15) is 31.1 Å². The third kappa shape index (κ3) is 3.16. The quantitative estimate of drug-likeness (QED) is 0.597. The smallest absolute Gasteiger partial charge is 0.327 e. The molecule has 1 aromatic heterocycles. The lowest BCUT2D eigenvalue weighted by Crippen LogP contribution is -2.40. The van der Waals surface area contributed by atoms with E-state index in [2.05, 4.69) is 10.6 Å². The predicted molar refractivity (Wildman–Crippen MR) is 115 cm³/mol. The summed E-state index contributed by atoms with van der Waals surface area (Å²) < 4.78 is 5.74. The highest BCUT2D eigenvalue weighted by molar-refractivity contribution is 6.09. The van der Waals surface area contributed by atoms with Crippen molar-refractivity contribution in [1.82, 2.24) is 0 Å². The molecule has 2 aromatic carbocycles. The standard InChI is InChI=1S/C24H21N3O3/c28-20-13-6-11-18-22(20)23(21-14-7-15-30-21)27(19-12-5-4-10-17(19)26-18)24(29)25-16-8-2-1-3-9-16/h1-5,7-10,12,14-15,23,26H,6,11,13H2,(H,25,29)/t23-/m0/s1. The zero-order chi connectivity index (χ0) is 20.5. The number of rotatable bonds is 2. The Labute approximate surface area is 174 Å². The Balaban J connectivity index is 1.69. The monoisotopic (exact) mass is 399 g/mol. The number of nitrogens with one attached hydrogen (secondary N) is 2. The first kappa shape index (κ1) is 18.2. The fourth-order valence-electron chi connectivity index (χ4n) is 4.18. The highest BCUT2D eigenvalue weighted by Gasteiger charge is 2.40. The Morgan fingerprint density at radius 3 is 2.60 bits per heavy atom. The molecule has 0 bridgehead atoms. The van der Waals surface area contributed by atoms with Gasteiger partial charge in [-0.3, -0.25) is 9.69 Å². The van der Waals surface area contributed by atoms with Gasteiger partial charge in [0.25, 0.3) is 0 Å². The van der Waals surface area contributed by atoms with Gasteiger partial charge in [-0.1, -0.05) is 30.3 Å². The molecule has 3 aromatic rings. The number of urea groups is 1. The van der Waals surface area contributed by atoms with E-state index in [1.165, 1.54) is 0 Å². The van der Waals surface area contributed by atoms with Crippen molar-refractivity contribution in [3.8, 4) is 0 Å². The van der Waals surface area contributed by atoms with Gasteiger partial charge in [0.05, 0.1) is 17.6 Å². The topological polar surface area (TPSA) is 74.6 Å². The number of anilines is 3. The minimum absolute atomic E-state index is 0.0375. The van der Waals surface area contributed by atoms with Crippen LogP contribution >= 0.6 is 0 Å². The second-order valence-corrected chi connectivity index (χ2v) is 7.40. The van der Waals surface area contributed by atoms with Crippen LogP contribution in [0.15, 0.2) is 88.7 Å². The van der Waals surface area contributed by atoms with Crippen molar-refractivity contribution in [2.75, 3.05) is 15.5 Å². The van der Waals surface area contributed by atoms with Crippen molar-refractivity contribution in [2.45, 2.75) is 25.3 Å². The van der Waals surface area contributed by atoms with Crippen LogP contribution in [0.25, 0.3) is 0 Å². The summed E-state index contributed by atoms with van der Waals surface area (Å²) in [7, 11) is 0. The van der Waals surface area contributed by atoms with Crippen LogP contribution in [0.5, 0.6) is 0 Å². The molecular weight excluding hydrogens is 378 g/mol. The number of para-hydroxylation sites is 3. The maximum atomic E-state index is 13.6. The van der Waals surface area contributed by atoms with E-state index in [1.54, 1.807) is 17.2 Å². The molecule has 0 unspecified atom stereocenters. The molecule has 1 aliphatic heterocycles. The van der Waals surface area contributed by atoms with E-state index < -0.39 is 6.04 Å². The number of Topliss-reactive ketones (excluding diaryl/α,β-unsaturated/α-hetero) is 1. The van der Waals surface area contributed by atoms with Crippen LogP contribution in [0.3, 0.4) is 0 Å². The lowest BCUT2D eigenvalue weighted by molar-refractivity contribution is -0.116. The van der Waals surface area contributed by atoms with E-state index in [9.17, 15) is 9.59 Å². The molecular formula is C24H21N3O3. The molecule has 0 saturated carbocycles. The van der Waals surface area contributed by atoms with Gasteiger partial charge in [-0.2, -0.15) is 0 Å². The number of benzene rings is 2. The normalized spacial score (nSPS) is 18.2. The molecule has 0 fully saturated rings. The van der Waals surface area contributed by atoms with Gasteiger partial charge in [0.2, 0.25) is 0 Å². The Kier molecular flexibility index (Phi) is 4.59. The second kappa shape index (κ2) is 7.55. The molecule has 2 heterocycles. The Morgan fingerprint density at radius 2 is 1.80 bits per heavy atom. The first-order chi connectivity index (χ1) is 14.7. The van der Waals surface area contributed by atoms with Crippen molar-refractivity contribution in [2.24, 2.45) is 0 Å². The van der Waals surface area contributed by atoms with Crippen molar-refractivity contribution >= 4 is 28.9 Å². The molecule has 1 atom stereocenters. The third-order valence-corrected chi connectivity index (χ3v) is 5.49. The first-order valence-electron chi connectivity index (χ1n) is 10.0. The average Bonchev–Trinajstić information content (AvgIpc) is 3.24. The Hall–Kier alpha value is -3.80. The highest BCUT2D eigenvalue weighted by atomic mass is 16.3. The van der Waals surface area contributed by atoms with Gasteiger partial charge in [-0.25, -0.2) is 4.79 Å². The van der Waals surface area contributed by atoms with Crippen LogP contribution in [0, 0.1) is 0 Å². The summed E-state index contributed by atoms with van der Waals surface area (Å²) in [5.74, 6) is 0.593. The maximum absolute atomic E-state index is 13.6. The Bertz CT molecular complexity index is 1120. The van der Waals surface area contributed by atoms with Gasteiger partial charge in [0, 0.05) is 23.4 Å². The van der Waals surface area contributed by atoms with Gasteiger partial charge in [-0.15, -0.1) is 0 Å². The van der Waals surface area contributed by atoms with E-state index in [4.69, 9.17) is 4.42 Å². The molecule has 5 rings (SSSR count). The molecule has 2 N–H and O–H groups in total. The van der Waals surface area contributed by atoms with Crippen molar-refractivity contribution in [3.63, 3.8) is 0 Å². The Morgan fingerprint density at radius 1 is 1.00 bits per heavy atom. The fraction of sp³-hybridized carbons (Fsp3) is 0.167. The number of furan rings is 1. The molecule has 6 heteroatoms. The van der Waals surface area contributed by atoms with Crippen molar-refractivity contribution in [3.05, 3.63) is 90.0 Å². The second-order valence-electron chi connectivity index (χ2n) is 7.40. The minimum Gasteiger partial charge on any atom is -0.467 e.